The zero-order valence-electron chi connectivity index (χ0n) is 8.60. The van der Waals surface area contributed by atoms with Gasteiger partial charge < -0.3 is 15.5 Å². The molecular formula is C10H12N4O. The third kappa shape index (κ3) is 1.41. The molecule has 0 aliphatic carbocycles. The van der Waals surface area contributed by atoms with Gasteiger partial charge in [-0.15, -0.1) is 0 Å². The molecule has 2 aromatic rings. The maximum Gasteiger partial charge on any atom is 0.170 e. The number of nitrogens with zero attached hydrogens (tertiary/aromatic N) is 3. The second-order valence-corrected chi connectivity index (χ2v) is 3.41. The highest BCUT2D eigenvalue weighted by atomic mass is 16.4. The molecule has 0 aliphatic heterocycles. The number of nitrogens with two attached hydrogens (primary N) is 1. The van der Waals surface area contributed by atoms with Crippen LogP contribution in [0.3, 0.4) is 0 Å². The summed E-state index contributed by atoms with van der Waals surface area (Å²) < 4.78 is 1.96. The molecule has 5 nitrogen and oxygen atoms in total. The van der Waals surface area contributed by atoms with Crippen molar-refractivity contribution >= 4 is 16.9 Å². The van der Waals surface area contributed by atoms with Gasteiger partial charge in [0.1, 0.15) is 5.82 Å². The number of oxime groups is 1. The van der Waals surface area contributed by atoms with Crippen molar-refractivity contribution in [2.75, 3.05) is 0 Å². The monoisotopic (exact) mass is 204 g/mol. The van der Waals surface area contributed by atoms with E-state index < -0.39 is 0 Å². The highest BCUT2D eigenvalue weighted by Gasteiger charge is 2.06. The van der Waals surface area contributed by atoms with Crippen molar-refractivity contribution in [2.45, 2.75) is 6.92 Å². The highest BCUT2D eigenvalue weighted by molar-refractivity contribution is 5.99. The van der Waals surface area contributed by atoms with Crippen molar-refractivity contribution in [2.24, 2.45) is 17.9 Å². The lowest BCUT2D eigenvalue weighted by atomic mass is 10.2. The van der Waals surface area contributed by atoms with Crippen molar-refractivity contribution in [3.05, 3.63) is 29.6 Å². The first-order valence-corrected chi connectivity index (χ1v) is 4.54. The largest absolute Gasteiger partial charge is 0.409 e. The minimum atomic E-state index is 0.107. The van der Waals surface area contributed by atoms with Crippen molar-refractivity contribution in [3.63, 3.8) is 0 Å². The van der Waals surface area contributed by atoms with Crippen LogP contribution in [-0.4, -0.2) is 20.6 Å². The van der Waals surface area contributed by atoms with Crippen molar-refractivity contribution in [1.29, 1.82) is 0 Å². The molecule has 1 heterocycles. The minimum absolute atomic E-state index is 0.107. The third-order valence-electron chi connectivity index (χ3n) is 2.51. The number of amidine groups is 1. The molecule has 0 amide bonds. The summed E-state index contributed by atoms with van der Waals surface area (Å²) >= 11 is 0. The summed E-state index contributed by atoms with van der Waals surface area (Å²) in [6.45, 7) is 1.93. The Morgan fingerprint density at radius 3 is 2.93 bits per heavy atom. The van der Waals surface area contributed by atoms with E-state index >= 15 is 0 Å². The third-order valence-corrected chi connectivity index (χ3v) is 2.51. The quantitative estimate of drug-likeness (QED) is 0.314. The number of aromatic nitrogens is 2. The summed E-state index contributed by atoms with van der Waals surface area (Å²) in [6, 6.07) is 5.49. The van der Waals surface area contributed by atoms with Crippen LogP contribution >= 0.6 is 0 Å². The Bertz CT molecular complexity index is 542. The Labute approximate surface area is 86.8 Å². The fraction of sp³-hybridized carbons (Fsp3) is 0.200. The van der Waals surface area contributed by atoms with Crippen LogP contribution in [0.5, 0.6) is 0 Å². The second-order valence-electron chi connectivity index (χ2n) is 3.41. The lowest BCUT2D eigenvalue weighted by Gasteiger charge is -2.00. The van der Waals surface area contributed by atoms with Gasteiger partial charge in [-0.05, 0) is 25.1 Å². The first kappa shape index (κ1) is 9.51. The lowest BCUT2D eigenvalue weighted by molar-refractivity contribution is 0.318. The van der Waals surface area contributed by atoms with Gasteiger partial charge >= 0.3 is 0 Å². The van der Waals surface area contributed by atoms with Gasteiger partial charge in [0.05, 0.1) is 11.0 Å². The molecule has 1 aromatic heterocycles. The number of benzene rings is 1. The van der Waals surface area contributed by atoms with E-state index in [1.165, 1.54) is 0 Å². The van der Waals surface area contributed by atoms with Gasteiger partial charge in [0.15, 0.2) is 5.84 Å². The van der Waals surface area contributed by atoms with Crippen LogP contribution in [0.1, 0.15) is 11.4 Å². The van der Waals surface area contributed by atoms with Gasteiger partial charge in [-0.2, -0.15) is 0 Å². The molecule has 78 valence electrons. The number of rotatable bonds is 1. The molecule has 0 radical (unpaired) electrons. The van der Waals surface area contributed by atoms with Crippen LogP contribution in [0.2, 0.25) is 0 Å². The maximum atomic E-state index is 8.58. The van der Waals surface area contributed by atoms with Crippen molar-refractivity contribution in [3.8, 4) is 0 Å². The smallest absolute Gasteiger partial charge is 0.170 e. The van der Waals surface area contributed by atoms with E-state index in [9.17, 15) is 0 Å². The molecule has 0 saturated heterocycles. The zero-order chi connectivity index (χ0) is 11.0. The first-order valence-electron chi connectivity index (χ1n) is 4.54. The topological polar surface area (TPSA) is 76.4 Å². The second kappa shape index (κ2) is 3.27. The molecule has 0 bridgehead atoms. The molecule has 0 spiro atoms. The molecule has 15 heavy (non-hydrogen) atoms. The molecule has 3 N–H and O–H groups in total. The summed E-state index contributed by atoms with van der Waals surface area (Å²) in [5.41, 5.74) is 8.08. The summed E-state index contributed by atoms with van der Waals surface area (Å²) in [7, 11) is 1.93. The van der Waals surface area contributed by atoms with Crippen LogP contribution in [0, 0.1) is 6.92 Å². The Balaban J connectivity index is 2.69. The first-order chi connectivity index (χ1) is 7.13. The Morgan fingerprint density at radius 2 is 2.27 bits per heavy atom. The molecular weight excluding hydrogens is 192 g/mol. The number of hydrogen-bond acceptors (Lipinski definition) is 3. The average molecular weight is 204 g/mol. The number of aryl methyl sites for hydroxylation is 2. The number of fused-ring (bicyclic) bond motifs is 1. The van der Waals surface area contributed by atoms with Crippen LogP contribution in [0.15, 0.2) is 23.4 Å². The fourth-order valence-corrected chi connectivity index (χ4v) is 1.53. The normalized spacial score (nSPS) is 12.3. The molecule has 1 aromatic carbocycles. The number of imidazole rings is 1. The SMILES string of the molecule is Cc1nc2ccc(/C(N)=N\O)cc2n1C. The van der Waals surface area contributed by atoms with Gasteiger partial charge in [-0.1, -0.05) is 5.16 Å². The molecule has 0 unspecified atom stereocenters. The Hall–Kier alpha value is -2.04. The summed E-state index contributed by atoms with van der Waals surface area (Å²) in [5, 5.41) is 11.5. The molecule has 0 saturated carbocycles. The van der Waals surface area contributed by atoms with E-state index in [-0.39, 0.29) is 5.84 Å². The van der Waals surface area contributed by atoms with Crippen LogP contribution in [0.4, 0.5) is 0 Å². The lowest BCUT2D eigenvalue weighted by Crippen LogP contribution is -2.12. The molecule has 0 fully saturated rings. The minimum Gasteiger partial charge on any atom is -0.409 e. The van der Waals surface area contributed by atoms with Crippen LogP contribution in [0.25, 0.3) is 11.0 Å². The van der Waals surface area contributed by atoms with Gasteiger partial charge in [0.25, 0.3) is 0 Å². The van der Waals surface area contributed by atoms with Crippen molar-refractivity contribution in [1.82, 2.24) is 9.55 Å². The predicted molar refractivity (Wildman–Crippen MR) is 58.0 cm³/mol. The van der Waals surface area contributed by atoms with E-state index in [1.54, 1.807) is 6.07 Å². The van der Waals surface area contributed by atoms with E-state index in [1.807, 2.05) is 30.7 Å². The average Bonchev–Trinajstić information content (AvgIpc) is 2.54. The maximum absolute atomic E-state index is 8.58. The van der Waals surface area contributed by atoms with Gasteiger partial charge in [-0.25, -0.2) is 4.98 Å². The molecule has 5 heteroatoms. The van der Waals surface area contributed by atoms with Crippen LogP contribution < -0.4 is 5.73 Å². The standard InChI is InChI=1S/C10H12N4O/c1-6-12-8-4-3-7(10(11)13-15)5-9(8)14(6)2/h3-5,15H,1-2H3,(H2,11,13). The Kier molecular flexibility index (Phi) is 2.07. The van der Waals surface area contributed by atoms with E-state index in [4.69, 9.17) is 10.9 Å². The summed E-state index contributed by atoms with van der Waals surface area (Å²) in [5.74, 6) is 1.04. The Morgan fingerprint density at radius 1 is 1.53 bits per heavy atom. The predicted octanol–water partition coefficient (Wildman–Crippen LogP) is 0.976. The summed E-state index contributed by atoms with van der Waals surface area (Å²) in [4.78, 5) is 4.36. The fourth-order valence-electron chi connectivity index (χ4n) is 1.53. The van der Waals surface area contributed by atoms with E-state index in [0.717, 1.165) is 16.9 Å². The highest BCUT2D eigenvalue weighted by Crippen LogP contribution is 2.16. The van der Waals surface area contributed by atoms with E-state index in [0.29, 0.717) is 5.56 Å². The van der Waals surface area contributed by atoms with Gasteiger partial charge in [0, 0.05) is 12.6 Å². The molecule has 0 atom stereocenters. The summed E-state index contributed by atoms with van der Waals surface area (Å²) in [6.07, 6.45) is 0. The molecule has 2 rings (SSSR count). The number of hydrogen-bond donors (Lipinski definition) is 2. The van der Waals surface area contributed by atoms with Crippen molar-refractivity contribution < 1.29 is 5.21 Å². The van der Waals surface area contributed by atoms with Gasteiger partial charge in [0.2, 0.25) is 0 Å². The van der Waals surface area contributed by atoms with Crippen LogP contribution in [-0.2, 0) is 7.05 Å². The van der Waals surface area contributed by atoms with Gasteiger partial charge in [-0.3, -0.25) is 0 Å². The van der Waals surface area contributed by atoms with E-state index in [2.05, 4.69) is 10.1 Å². The zero-order valence-corrected chi connectivity index (χ0v) is 8.60. The molecule has 0 aliphatic rings.